The van der Waals surface area contributed by atoms with Crippen LogP contribution < -0.4 is 10.6 Å². The lowest BCUT2D eigenvalue weighted by Crippen LogP contribution is -2.39. The fraction of sp³-hybridized carbons (Fsp3) is 0.333. The normalized spacial score (nSPS) is 18.8. The summed E-state index contributed by atoms with van der Waals surface area (Å²) in [6.45, 7) is 3.87. The molecule has 2 N–H and O–H groups in total. The standard InChI is InChI=1S/C15H17FN4O/c1-10-8-14(19-15(17)18-10)20-6-7-21-13(9-20)11-2-4-12(16)5-3-11/h2-5,8,13H,6-7,9H2,1H3,(H2,17,18,19). The van der Waals surface area contributed by atoms with E-state index < -0.39 is 0 Å². The Hall–Kier alpha value is -2.21. The molecule has 0 bridgehead atoms. The van der Waals surface area contributed by atoms with E-state index in [-0.39, 0.29) is 17.9 Å². The van der Waals surface area contributed by atoms with Gasteiger partial charge in [-0.1, -0.05) is 12.1 Å². The predicted molar refractivity (Wildman–Crippen MR) is 78.5 cm³/mol. The van der Waals surface area contributed by atoms with Crippen molar-refractivity contribution >= 4 is 11.8 Å². The maximum atomic E-state index is 13.0. The van der Waals surface area contributed by atoms with Crippen LogP contribution in [0.3, 0.4) is 0 Å². The molecule has 2 heterocycles. The van der Waals surface area contributed by atoms with Gasteiger partial charge in [-0.25, -0.2) is 9.37 Å². The highest BCUT2D eigenvalue weighted by Gasteiger charge is 2.23. The van der Waals surface area contributed by atoms with E-state index in [0.717, 1.165) is 23.6 Å². The number of aromatic nitrogens is 2. The summed E-state index contributed by atoms with van der Waals surface area (Å²) >= 11 is 0. The Labute approximate surface area is 122 Å². The maximum Gasteiger partial charge on any atom is 0.222 e. The molecule has 1 fully saturated rings. The van der Waals surface area contributed by atoms with E-state index in [1.54, 1.807) is 12.1 Å². The number of aryl methyl sites for hydroxylation is 1. The van der Waals surface area contributed by atoms with Gasteiger partial charge in [0, 0.05) is 24.8 Å². The summed E-state index contributed by atoms with van der Waals surface area (Å²) in [5.74, 6) is 0.829. The van der Waals surface area contributed by atoms with E-state index in [9.17, 15) is 4.39 Å². The number of nitrogens with two attached hydrogens (primary N) is 1. The minimum atomic E-state index is -0.245. The van der Waals surface area contributed by atoms with Gasteiger partial charge >= 0.3 is 0 Å². The smallest absolute Gasteiger partial charge is 0.222 e. The van der Waals surface area contributed by atoms with Crippen molar-refractivity contribution < 1.29 is 9.13 Å². The van der Waals surface area contributed by atoms with Crippen molar-refractivity contribution in [3.8, 4) is 0 Å². The molecule has 6 heteroatoms. The summed E-state index contributed by atoms with van der Waals surface area (Å²) in [5, 5.41) is 0. The molecule has 1 aromatic heterocycles. The molecule has 3 rings (SSSR count). The number of nitrogen functional groups attached to an aromatic ring is 1. The van der Waals surface area contributed by atoms with Crippen LogP contribution >= 0.6 is 0 Å². The second kappa shape index (κ2) is 5.65. The van der Waals surface area contributed by atoms with Crippen molar-refractivity contribution in [2.75, 3.05) is 30.3 Å². The van der Waals surface area contributed by atoms with Gasteiger partial charge in [0.05, 0.1) is 6.61 Å². The van der Waals surface area contributed by atoms with Crippen LogP contribution in [0.1, 0.15) is 17.4 Å². The van der Waals surface area contributed by atoms with Crippen LogP contribution in [0.2, 0.25) is 0 Å². The number of ether oxygens (including phenoxy) is 1. The topological polar surface area (TPSA) is 64.3 Å². The molecule has 1 atom stereocenters. The third-order valence-corrected chi connectivity index (χ3v) is 3.49. The van der Waals surface area contributed by atoms with Gasteiger partial charge in [0.25, 0.3) is 0 Å². The molecule has 1 saturated heterocycles. The van der Waals surface area contributed by atoms with Crippen molar-refractivity contribution in [1.29, 1.82) is 0 Å². The Morgan fingerprint density at radius 1 is 1.29 bits per heavy atom. The van der Waals surface area contributed by atoms with Gasteiger partial charge in [-0.15, -0.1) is 0 Å². The molecular weight excluding hydrogens is 271 g/mol. The highest BCUT2D eigenvalue weighted by Crippen LogP contribution is 2.25. The quantitative estimate of drug-likeness (QED) is 0.916. The second-order valence-corrected chi connectivity index (χ2v) is 5.08. The predicted octanol–water partition coefficient (Wildman–Crippen LogP) is 2.08. The van der Waals surface area contributed by atoms with Gasteiger partial charge in [-0.05, 0) is 24.6 Å². The summed E-state index contributed by atoms with van der Waals surface area (Å²) in [5.41, 5.74) is 7.50. The van der Waals surface area contributed by atoms with Crippen molar-refractivity contribution in [3.05, 3.63) is 47.4 Å². The average molecular weight is 288 g/mol. The summed E-state index contributed by atoms with van der Waals surface area (Å²) < 4.78 is 18.8. The SMILES string of the molecule is Cc1cc(N2CCOC(c3ccc(F)cc3)C2)nc(N)n1. The number of nitrogens with zero attached hydrogens (tertiary/aromatic N) is 3. The molecule has 21 heavy (non-hydrogen) atoms. The number of hydrogen-bond donors (Lipinski definition) is 1. The maximum absolute atomic E-state index is 13.0. The van der Waals surface area contributed by atoms with E-state index in [2.05, 4.69) is 14.9 Å². The molecule has 1 unspecified atom stereocenters. The number of hydrogen-bond acceptors (Lipinski definition) is 5. The first kappa shape index (κ1) is 13.8. The fourth-order valence-corrected chi connectivity index (χ4v) is 2.47. The molecule has 1 aliphatic heterocycles. The Morgan fingerprint density at radius 2 is 2.05 bits per heavy atom. The summed E-state index contributed by atoms with van der Waals surface area (Å²) in [6, 6.07) is 8.31. The summed E-state index contributed by atoms with van der Waals surface area (Å²) in [4.78, 5) is 10.5. The van der Waals surface area contributed by atoms with E-state index >= 15 is 0 Å². The number of morpholine rings is 1. The van der Waals surface area contributed by atoms with E-state index in [1.165, 1.54) is 12.1 Å². The number of benzene rings is 1. The monoisotopic (exact) mass is 288 g/mol. The van der Waals surface area contributed by atoms with Gasteiger partial charge in [-0.3, -0.25) is 0 Å². The third-order valence-electron chi connectivity index (χ3n) is 3.49. The van der Waals surface area contributed by atoms with Crippen LogP contribution in [0.15, 0.2) is 30.3 Å². The zero-order valence-corrected chi connectivity index (χ0v) is 11.8. The molecule has 5 nitrogen and oxygen atoms in total. The number of anilines is 2. The first-order valence-electron chi connectivity index (χ1n) is 6.85. The molecule has 0 saturated carbocycles. The largest absolute Gasteiger partial charge is 0.370 e. The highest BCUT2D eigenvalue weighted by molar-refractivity contribution is 5.44. The van der Waals surface area contributed by atoms with E-state index in [0.29, 0.717) is 13.2 Å². The van der Waals surface area contributed by atoms with E-state index in [1.807, 2.05) is 13.0 Å². The van der Waals surface area contributed by atoms with Gasteiger partial charge in [0.15, 0.2) is 0 Å². The lowest BCUT2D eigenvalue weighted by molar-refractivity contribution is 0.0395. The minimum absolute atomic E-state index is 0.101. The Balaban J connectivity index is 1.80. The van der Waals surface area contributed by atoms with Crippen LogP contribution in [-0.2, 0) is 4.74 Å². The van der Waals surface area contributed by atoms with Crippen molar-refractivity contribution in [2.45, 2.75) is 13.0 Å². The third kappa shape index (κ3) is 3.11. The van der Waals surface area contributed by atoms with Gasteiger partial charge in [0.1, 0.15) is 17.7 Å². The molecular formula is C15H17FN4O. The number of halogens is 1. The molecule has 1 aromatic carbocycles. The average Bonchev–Trinajstić information content (AvgIpc) is 2.47. The van der Waals surface area contributed by atoms with Crippen molar-refractivity contribution in [3.63, 3.8) is 0 Å². The molecule has 110 valence electrons. The van der Waals surface area contributed by atoms with Crippen LogP contribution in [0.5, 0.6) is 0 Å². The summed E-state index contributed by atoms with van der Waals surface area (Å²) in [7, 11) is 0. The van der Waals surface area contributed by atoms with Crippen LogP contribution in [0.25, 0.3) is 0 Å². The lowest BCUT2D eigenvalue weighted by Gasteiger charge is -2.34. The van der Waals surface area contributed by atoms with Gasteiger partial charge in [-0.2, -0.15) is 4.98 Å². The Bertz CT molecular complexity index is 612. The first-order valence-corrected chi connectivity index (χ1v) is 6.85. The minimum Gasteiger partial charge on any atom is -0.370 e. The zero-order chi connectivity index (χ0) is 14.8. The van der Waals surface area contributed by atoms with E-state index in [4.69, 9.17) is 10.5 Å². The molecule has 0 aliphatic carbocycles. The van der Waals surface area contributed by atoms with Crippen molar-refractivity contribution in [1.82, 2.24) is 9.97 Å². The number of rotatable bonds is 2. The fourth-order valence-electron chi connectivity index (χ4n) is 2.47. The lowest BCUT2D eigenvalue weighted by atomic mass is 10.1. The molecule has 0 radical (unpaired) electrons. The Kier molecular flexibility index (Phi) is 3.70. The Morgan fingerprint density at radius 3 is 2.76 bits per heavy atom. The van der Waals surface area contributed by atoms with Crippen LogP contribution in [0, 0.1) is 12.7 Å². The molecule has 0 amide bonds. The summed E-state index contributed by atoms with van der Waals surface area (Å²) in [6.07, 6.45) is -0.101. The highest BCUT2D eigenvalue weighted by atomic mass is 19.1. The van der Waals surface area contributed by atoms with Gasteiger partial charge in [0.2, 0.25) is 5.95 Å². The second-order valence-electron chi connectivity index (χ2n) is 5.08. The molecule has 0 spiro atoms. The molecule has 1 aliphatic rings. The molecule has 2 aromatic rings. The van der Waals surface area contributed by atoms with Gasteiger partial charge < -0.3 is 15.4 Å². The first-order chi connectivity index (χ1) is 10.1. The van der Waals surface area contributed by atoms with Crippen molar-refractivity contribution in [2.24, 2.45) is 0 Å². The van der Waals surface area contributed by atoms with Crippen LogP contribution in [0.4, 0.5) is 16.2 Å². The zero-order valence-electron chi connectivity index (χ0n) is 11.8. The van der Waals surface area contributed by atoms with Crippen LogP contribution in [-0.4, -0.2) is 29.7 Å².